The first-order chi connectivity index (χ1) is 12.0. The lowest BCUT2D eigenvalue weighted by Crippen LogP contribution is -3.08. The number of fused-ring (bicyclic) bond motifs is 3. The van der Waals surface area contributed by atoms with Crippen LogP contribution in [0.4, 0.5) is 0 Å². The number of rotatable bonds is 3. The van der Waals surface area contributed by atoms with Gasteiger partial charge in [-0.2, -0.15) is 0 Å². The summed E-state index contributed by atoms with van der Waals surface area (Å²) in [5.74, 6) is 7.19. The van der Waals surface area contributed by atoms with Crippen LogP contribution >= 0.6 is 11.3 Å². The molecule has 1 atom stereocenters. The highest BCUT2D eigenvalue weighted by molar-refractivity contribution is 7.18. The topological polar surface area (TPSA) is 74.6 Å². The number of nitrogens with two attached hydrogens (primary N) is 1. The van der Waals surface area contributed by atoms with E-state index in [1.54, 1.807) is 11.3 Å². The zero-order chi connectivity index (χ0) is 17.6. The molecule has 0 spiro atoms. The van der Waals surface area contributed by atoms with E-state index in [1.807, 2.05) is 31.2 Å². The molecule has 3 N–H and O–H groups in total. The molecule has 0 fully saturated rings. The van der Waals surface area contributed by atoms with Gasteiger partial charge in [-0.05, 0) is 24.6 Å². The zero-order valence-electron chi connectivity index (χ0n) is 14.3. The number of ether oxygens (including phenoxy) is 1. The number of quaternary nitrogens is 1. The summed E-state index contributed by atoms with van der Waals surface area (Å²) < 4.78 is 6.88. The minimum absolute atomic E-state index is 0.165. The van der Waals surface area contributed by atoms with Crippen LogP contribution < -0.4 is 21.0 Å². The van der Waals surface area contributed by atoms with Crippen LogP contribution in [-0.2, 0) is 19.6 Å². The summed E-state index contributed by atoms with van der Waals surface area (Å²) in [6.45, 7) is 4.16. The van der Waals surface area contributed by atoms with E-state index in [1.165, 1.54) is 15.3 Å². The number of hydrogen-bond donors (Lipinski definition) is 2. The van der Waals surface area contributed by atoms with Crippen LogP contribution in [0.1, 0.15) is 21.8 Å². The van der Waals surface area contributed by atoms with Crippen LogP contribution in [0.2, 0.25) is 0 Å². The molecular formula is C18H21N4O2S+. The maximum atomic E-state index is 12.8. The summed E-state index contributed by atoms with van der Waals surface area (Å²) in [6, 6.07) is 7.76. The average Bonchev–Trinajstić information content (AvgIpc) is 2.95. The van der Waals surface area contributed by atoms with Crippen LogP contribution in [0.25, 0.3) is 10.2 Å². The predicted molar refractivity (Wildman–Crippen MR) is 98.7 cm³/mol. The van der Waals surface area contributed by atoms with Crippen LogP contribution in [0.15, 0.2) is 29.1 Å². The lowest BCUT2D eigenvalue weighted by Gasteiger charge is -2.19. The molecule has 3 aromatic rings. The van der Waals surface area contributed by atoms with Gasteiger partial charge in [-0.3, -0.25) is 4.79 Å². The number of aromatic nitrogens is 2. The number of hydrogen-bond acceptors (Lipinski definition) is 5. The second-order valence-electron chi connectivity index (χ2n) is 6.62. The van der Waals surface area contributed by atoms with Gasteiger partial charge in [0.1, 0.15) is 23.7 Å². The summed E-state index contributed by atoms with van der Waals surface area (Å²) in [5, 5.41) is 0.689. The monoisotopic (exact) mass is 357 g/mol. The number of nitrogens with one attached hydrogen (secondary N) is 1. The van der Waals surface area contributed by atoms with E-state index in [9.17, 15) is 4.79 Å². The third-order valence-electron chi connectivity index (χ3n) is 4.67. The molecule has 1 unspecified atom stereocenters. The summed E-state index contributed by atoms with van der Waals surface area (Å²) in [4.78, 5) is 20.9. The molecule has 0 aliphatic carbocycles. The largest absolute Gasteiger partial charge is 0.486 e. The standard InChI is InChI=1S/C18H20N4O2S/c1-11-3-5-12(6-4-11)24-10-15-20-17-16(18(23)22(15)19)13-7-8-21(2)9-14(13)25-17/h3-6H,7-10,19H2,1-2H3/p+1. The molecule has 130 valence electrons. The molecule has 7 heteroatoms. The Morgan fingerprint density at radius 1 is 1.36 bits per heavy atom. The van der Waals surface area contributed by atoms with Crippen molar-refractivity contribution >= 4 is 21.6 Å². The maximum absolute atomic E-state index is 12.8. The Labute approximate surface area is 149 Å². The van der Waals surface area contributed by atoms with Crippen molar-refractivity contribution in [1.82, 2.24) is 9.66 Å². The van der Waals surface area contributed by atoms with Gasteiger partial charge in [-0.15, -0.1) is 11.3 Å². The molecule has 0 bridgehead atoms. The maximum Gasteiger partial charge on any atom is 0.281 e. The Kier molecular flexibility index (Phi) is 3.97. The van der Waals surface area contributed by atoms with Gasteiger partial charge >= 0.3 is 0 Å². The van der Waals surface area contributed by atoms with Crippen molar-refractivity contribution in [2.24, 2.45) is 0 Å². The molecule has 0 amide bonds. The number of thiophene rings is 1. The van der Waals surface area contributed by atoms with Gasteiger partial charge in [-0.1, -0.05) is 17.7 Å². The van der Waals surface area contributed by atoms with Crippen LogP contribution in [0, 0.1) is 6.92 Å². The Bertz CT molecular complexity index is 991. The first-order valence-corrected chi connectivity index (χ1v) is 9.16. The molecule has 1 aromatic carbocycles. The third-order valence-corrected chi connectivity index (χ3v) is 5.79. The Morgan fingerprint density at radius 2 is 2.12 bits per heavy atom. The van der Waals surface area contributed by atoms with Crippen LogP contribution in [0.5, 0.6) is 5.75 Å². The fraction of sp³-hybridized carbons (Fsp3) is 0.333. The van der Waals surface area contributed by atoms with Gasteiger partial charge in [0.05, 0.1) is 23.9 Å². The molecule has 0 saturated carbocycles. The van der Waals surface area contributed by atoms with E-state index in [-0.39, 0.29) is 12.2 Å². The molecule has 3 heterocycles. The van der Waals surface area contributed by atoms with E-state index < -0.39 is 0 Å². The second kappa shape index (κ2) is 6.16. The Hall–Kier alpha value is -2.38. The fourth-order valence-corrected chi connectivity index (χ4v) is 4.54. The minimum Gasteiger partial charge on any atom is -0.486 e. The van der Waals surface area contributed by atoms with Gasteiger partial charge < -0.3 is 15.5 Å². The smallest absolute Gasteiger partial charge is 0.281 e. The quantitative estimate of drug-likeness (QED) is 0.675. The first kappa shape index (κ1) is 16.1. The highest BCUT2D eigenvalue weighted by atomic mass is 32.1. The van der Waals surface area contributed by atoms with Crippen molar-refractivity contribution in [2.45, 2.75) is 26.5 Å². The lowest BCUT2D eigenvalue weighted by atomic mass is 10.1. The van der Waals surface area contributed by atoms with E-state index >= 15 is 0 Å². The second-order valence-corrected chi connectivity index (χ2v) is 7.71. The van der Waals surface area contributed by atoms with E-state index in [2.05, 4.69) is 12.0 Å². The molecule has 25 heavy (non-hydrogen) atoms. The number of nitrogens with zero attached hydrogens (tertiary/aromatic N) is 2. The van der Waals surface area contributed by atoms with E-state index in [4.69, 9.17) is 10.6 Å². The molecule has 0 radical (unpaired) electrons. The normalized spacial score (nSPS) is 16.8. The number of aryl methyl sites for hydroxylation is 1. The predicted octanol–water partition coefficient (Wildman–Crippen LogP) is 0.630. The van der Waals surface area contributed by atoms with Crippen molar-refractivity contribution in [3.05, 3.63) is 56.4 Å². The van der Waals surface area contributed by atoms with E-state index in [0.717, 1.165) is 40.3 Å². The van der Waals surface area contributed by atoms with Crippen molar-refractivity contribution in [1.29, 1.82) is 0 Å². The van der Waals surface area contributed by atoms with Crippen molar-refractivity contribution in [2.75, 3.05) is 19.4 Å². The summed E-state index contributed by atoms with van der Waals surface area (Å²) in [5.41, 5.74) is 2.12. The molecule has 2 aromatic heterocycles. The molecule has 4 rings (SSSR count). The van der Waals surface area contributed by atoms with Gasteiger partial charge in [0.25, 0.3) is 5.56 Å². The molecule has 0 saturated heterocycles. The average molecular weight is 357 g/mol. The van der Waals surface area contributed by atoms with Crippen LogP contribution in [0.3, 0.4) is 0 Å². The van der Waals surface area contributed by atoms with Crippen LogP contribution in [-0.4, -0.2) is 23.3 Å². The fourth-order valence-electron chi connectivity index (χ4n) is 3.20. The van der Waals surface area contributed by atoms with Gasteiger partial charge in [0, 0.05) is 6.42 Å². The summed E-state index contributed by atoms with van der Waals surface area (Å²) >= 11 is 1.61. The Morgan fingerprint density at radius 3 is 2.88 bits per heavy atom. The highest BCUT2D eigenvalue weighted by Gasteiger charge is 2.25. The molecule has 1 aliphatic heterocycles. The van der Waals surface area contributed by atoms with E-state index in [0.29, 0.717) is 11.2 Å². The Balaban J connectivity index is 1.69. The number of likely N-dealkylation sites (N-methyl/N-ethyl adjacent to an activating group) is 1. The lowest BCUT2D eigenvalue weighted by molar-refractivity contribution is -0.895. The van der Waals surface area contributed by atoms with Crippen molar-refractivity contribution in [3.8, 4) is 5.75 Å². The molecular weight excluding hydrogens is 336 g/mol. The number of nitrogen functional groups attached to an aromatic ring is 1. The van der Waals surface area contributed by atoms with Gasteiger partial charge in [0.15, 0.2) is 5.82 Å². The van der Waals surface area contributed by atoms with Crippen molar-refractivity contribution in [3.63, 3.8) is 0 Å². The number of benzene rings is 1. The zero-order valence-corrected chi connectivity index (χ0v) is 15.2. The summed E-state index contributed by atoms with van der Waals surface area (Å²) in [6.07, 6.45) is 0.900. The molecule has 1 aliphatic rings. The SMILES string of the molecule is Cc1ccc(OCc2nc3sc4c(c3c(=O)n2N)CC[NH+](C)C4)cc1. The van der Waals surface area contributed by atoms with Gasteiger partial charge in [-0.25, -0.2) is 9.66 Å². The summed E-state index contributed by atoms with van der Waals surface area (Å²) in [7, 11) is 2.17. The van der Waals surface area contributed by atoms with Gasteiger partial charge in [0.2, 0.25) is 0 Å². The minimum atomic E-state index is -0.176. The highest BCUT2D eigenvalue weighted by Crippen LogP contribution is 2.29. The third kappa shape index (κ3) is 2.89. The molecule has 6 nitrogen and oxygen atoms in total. The first-order valence-electron chi connectivity index (χ1n) is 8.35. The van der Waals surface area contributed by atoms with Crippen molar-refractivity contribution < 1.29 is 9.64 Å².